The van der Waals surface area contributed by atoms with Crippen LogP contribution in [-0.2, 0) is 18.4 Å². The van der Waals surface area contributed by atoms with Crippen molar-refractivity contribution in [3.05, 3.63) is 60.9 Å². The minimum Gasteiger partial charge on any atom is -0.353 e. The molecule has 23 heavy (non-hydrogen) atoms. The van der Waals surface area contributed by atoms with Crippen molar-refractivity contribution in [3.8, 4) is 0 Å². The number of benzene rings is 1. The molecule has 122 valence electrons. The van der Waals surface area contributed by atoms with Crippen LogP contribution in [0, 0.1) is 0 Å². The van der Waals surface area contributed by atoms with Gasteiger partial charge in [-0.15, -0.1) is 18.3 Å². The lowest BCUT2D eigenvalue weighted by Gasteiger charge is -2.17. The largest absolute Gasteiger partial charge is 0.353 e. The summed E-state index contributed by atoms with van der Waals surface area (Å²) in [4.78, 5) is 15.3. The summed E-state index contributed by atoms with van der Waals surface area (Å²) in [6.07, 6.45) is 3.87. The minimum atomic E-state index is -0.00615. The minimum absolute atomic E-state index is 0.00615. The van der Waals surface area contributed by atoms with Crippen molar-refractivity contribution in [2.45, 2.75) is 11.4 Å². The van der Waals surface area contributed by atoms with Crippen LogP contribution in [-0.4, -0.2) is 34.7 Å². The highest BCUT2D eigenvalue weighted by molar-refractivity contribution is 7.99. The average molecular weight is 329 g/mol. The molecule has 2 rings (SSSR count). The fraction of sp³-hybridized carbons (Fsp3) is 0.278. The number of aryl methyl sites for hydroxylation is 1. The van der Waals surface area contributed by atoms with Gasteiger partial charge in [-0.3, -0.25) is 9.69 Å². The Morgan fingerprint density at radius 3 is 2.83 bits per heavy atom. The van der Waals surface area contributed by atoms with Crippen LogP contribution in [0.2, 0.25) is 0 Å². The van der Waals surface area contributed by atoms with Gasteiger partial charge in [0.25, 0.3) is 0 Å². The van der Waals surface area contributed by atoms with E-state index in [1.807, 2.05) is 61.6 Å². The maximum atomic E-state index is 12.3. The summed E-state index contributed by atoms with van der Waals surface area (Å²) < 4.78 is 2.07. The number of likely N-dealkylation sites (N-methyl/N-ethyl adjacent to an activating group) is 1. The third kappa shape index (κ3) is 5.30. The molecule has 0 fully saturated rings. The lowest BCUT2D eigenvalue weighted by molar-refractivity contribution is -0.117. The number of hydrogen-bond donors (Lipinski definition) is 1. The predicted octanol–water partition coefficient (Wildman–Crippen LogP) is 3.37. The van der Waals surface area contributed by atoms with E-state index in [-0.39, 0.29) is 5.91 Å². The normalized spacial score (nSPS) is 10.7. The fourth-order valence-corrected chi connectivity index (χ4v) is 3.02. The predicted molar refractivity (Wildman–Crippen MR) is 97.7 cm³/mol. The quantitative estimate of drug-likeness (QED) is 0.596. The molecule has 1 amide bonds. The molecule has 5 heteroatoms. The second-order valence-corrected chi connectivity index (χ2v) is 6.49. The van der Waals surface area contributed by atoms with E-state index in [4.69, 9.17) is 0 Å². The van der Waals surface area contributed by atoms with Crippen LogP contribution in [0.25, 0.3) is 0 Å². The zero-order valence-corrected chi connectivity index (χ0v) is 14.5. The molecule has 1 heterocycles. The van der Waals surface area contributed by atoms with Crippen molar-refractivity contribution in [1.82, 2.24) is 9.47 Å². The van der Waals surface area contributed by atoms with E-state index in [0.717, 1.165) is 22.9 Å². The highest BCUT2D eigenvalue weighted by Crippen LogP contribution is 2.26. The molecule has 0 radical (unpaired) electrons. The van der Waals surface area contributed by atoms with E-state index in [1.54, 1.807) is 11.8 Å². The van der Waals surface area contributed by atoms with E-state index < -0.39 is 0 Å². The Labute approximate surface area is 142 Å². The zero-order valence-electron chi connectivity index (χ0n) is 13.7. The number of rotatable bonds is 8. The molecule has 1 N–H and O–H groups in total. The van der Waals surface area contributed by atoms with Crippen LogP contribution in [0.1, 0.15) is 5.69 Å². The monoisotopic (exact) mass is 329 g/mol. The number of aromatic nitrogens is 1. The Morgan fingerprint density at radius 2 is 2.13 bits per heavy atom. The molecule has 0 unspecified atom stereocenters. The van der Waals surface area contributed by atoms with Crippen LogP contribution >= 0.6 is 11.8 Å². The Morgan fingerprint density at radius 1 is 1.35 bits per heavy atom. The van der Waals surface area contributed by atoms with Crippen molar-refractivity contribution in [2.75, 3.05) is 24.7 Å². The van der Waals surface area contributed by atoms with Crippen molar-refractivity contribution >= 4 is 23.4 Å². The molecule has 2 aromatic rings. The summed E-state index contributed by atoms with van der Waals surface area (Å²) in [5.41, 5.74) is 2.04. The number of carbonyl (C=O) groups is 1. The summed E-state index contributed by atoms with van der Waals surface area (Å²) in [7, 11) is 3.96. The van der Waals surface area contributed by atoms with Gasteiger partial charge in [-0.1, -0.05) is 18.2 Å². The number of carbonyl (C=O) groups excluding carboxylic acids is 1. The van der Waals surface area contributed by atoms with Gasteiger partial charge < -0.3 is 9.88 Å². The van der Waals surface area contributed by atoms with Crippen LogP contribution < -0.4 is 5.32 Å². The van der Waals surface area contributed by atoms with Gasteiger partial charge >= 0.3 is 0 Å². The van der Waals surface area contributed by atoms with Gasteiger partial charge in [0.2, 0.25) is 5.91 Å². The highest BCUT2D eigenvalue weighted by atomic mass is 32.2. The van der Waals surface area contributed by atoms with E-state index in [0.29, 0.717) is 6.54 Å². The SMILES string of the molecule is C=CCSc1ccccc1NC(=O)CN(C)Cc1cccn1C. The van der Waals surface area contributed by atoms with E-state index in [9.17, 15) is 4.79 Å². The van der Waals surface area contributed by atoms with Crippen LogP contribution in [0.5, 0.6) is 0 Å². The number of nitrogens with zero attached hydrogens (tertiary/aromatic N) is 2. The van der Waals surface area contributed by atoms with Crippen LogP contribution in [0.3, 0.4) is 0 Å². The Kier molecular flexibility index (Phi) is 6.50. The summed E-state index contributed by atoms with van der Waals surface area (Å²) >= 11 is 1.66. The number of thioether (sulfide) groups is 1. The molecule has 1 aromatic carbocycles. The first kappa shape index (κ1) is 17.4. The third-order valence-electron chi connectivity index (χ3n) is 3.41. The van der Waals surface area contributed by atoms with E-state index in [2.05, 4.69) is 22.5 Å². The molecule has 0 aliphatic rings. The van der Waals surface area contributed by atoms with Crippen molar-refractivity contribution < 1.29 is 4.79 Å². The first-order valence-corrected chi connectivity index (χ1v) is 8.50. The zero-order chi connectivity index (χ0) is 16.7. The third-order valence-corrected chi connectivity index (χ3v) is 4.48. The molecule has 0 aliphatic carbocycles. The van der Waals surface area contributed by atoms with E-state index >= 15 is 0 Å². The molecule has 0 bridgehead atoms. The number of para-hydroxylation sites is 1. The number of amides is 1. The maximum absolute atomic E-state index is 12.3. The second kappa shape index (κ2) is 8.60. The number of nitrogens with one attached hydrogen (secondary N) is 1. The van der Waals surface area contributed by atoms with Crippen molar-refractivity contribution in [2.24, 2.45) is 7.05 Å². The Hall–Kier alpha value is -1.98. The van der Waals surface area contributed by atoms with E-state index in [1.165, 1.54) is 5.69 Å². The number of anilines is 1. The van der Waals surface area contributed by atoms with Crippen molar-refractivity contribution in [1.29, 1.82) is 0 Å². The second-order valence-electron chi connectivity index (χ2n) is 5.43. The molecular formula is C18H23N3OS. The topological polar surface area (TPSA) is 37.3 Å². The first-order chi connectivity index (χ1) is 11.1. The van der Waals surface area contributed by atoms with Gasteiger partial charge in [-0.05, 0) is 31.3 Å². The van der Waals surface area contributed by atoms with Gasteiger partial charge in [0.15, 0.2) is 0 Å². The Balaban J connectivity index is 1.91. The molecule has 0 saturated carbocycles. The van der Waals surface area contributed by atoms with Gasteiger partial charge in [0.1, 0.15) is 0 Å². The smallest absolute Gasteiger partial charge is 0.238 e. The first-order valence-electron chi connectivity index (χ1n) is 7.51. The Bertz CT molecular complexity index is 666. The van der Waals surface area contributed by atoms with Crippen LogP contribution in [0.15, 0.2) is 60.1 Å². The molecule has 1 aromatic heterocycles. The molecule has 4 nitrogen and oxygen atoms in total. The molecular weight excluding hydrogens is 306 g/mol. The summed E-state index contributed by atoms with van der Waals surface area (Å²) in [5, 5.41) is 3.00. The summed E-state index contributed by atoms with van der Waals surface area (Å²) in [5.74, 6) is 0.814. The van der Waals surface area contributed by atoms with Gasteiger partial charge in [0, 0.05) is 36.1 Å². The molecule has 0 aliphatic heterocycles. The summed E-state index contributed by atoms with van der Waals surface area (Å²) in [6, 6.07) is 11.9. The van der Waals surface area contributed by atoms with Gasteiger partial charge in [0.05, 0.1) is 12.2 Å². The highest BCUT2D eigenvalue weighted by Gasteiger charge is 2.10. The van der Waals surface area contributed by atoms with Gasteiger partial charge in [-0.25, -0.2) is 0 Å². The standard InChI is InChI=1S/C18H23N3OS/c1-4-12-23-17-10-6-5-9-16(17)19-18(22)14-20(2)13-15-8-7-11-21(15)3/h4-11H,1,12-14H2,2-3H3,(H,19,22). The lowest BCUT2D eigenvalue weighted by atomic mass is 10.3. The van der Waals surface area contributed by atoms with Crippen molar-refractivity contribution in [3.63, 3.8) is 0 Å². The average Bonchev–Trinajstić information content (AvgIpc) is 2.91. The lowest BCUT2D eigenvalue weighted by Crippen LogP contribution is -2.30. The maximum Gasteiger partial charge on any atom is 0.238 e. The molecule has 0 atom stereocenters. The molecule has 0 spiro atoms. The molecule has 0 saturated heterocycles. The van der Waals surface area contributed by atoms with Crippen LogP contribution in [0.4, 0.5) is 5.69 Å². The fourth-order valence-electron chi connectivity index (χ4n) is 2.27. The number of hydrogen-bond acceptors (Lipinski definition) is 3. The van der Waals surface area contributed by atoms with Gasteiger partial charge in [-0.2, -0.15) is 0 Å². The summed E-state index contributed by atoms with van der Waals surface area (Å²) in [6.45, 7) is 4.82.